The van der Waals surface area contributed by atoms with Gasteiger partial charge >= 0.3 is 11.9 Å². The summed E-state index contributed by atoms with van der Waals surface area (Å²) >= 11 is 0. The number of carbonyl (C=O) groups is 6. The molecule has 14 nitrogen and oxygen atoms in total. The number of Topliss-reactive ketones (excluding diaryl/α,β-unsaturated/α-hetero) is 1. The largest absolute Gasteiger partial charge is 0.481 e. The van der Waals surface area contributed by atoms with Crippen molar-refractivity contribution in [3.8, 4) is 11.3 Å². The quantitative estimate of drug-likeness (QED) is 0.337. The van der Waals surface area contributed by atoms with Gasteiger partial charge in [0, 0.05) is 18.5 Å². The average Bonchev–Trinajstić information content (AvgIpc) is 3.30. The number of hydrogen-bond donors (Lipinski definition) is 3. The summed E-state index contributed by atoms with van der Waals surface area (Å²) in [7, 11) is 1.58. The number of amides is 3. The van der Waals surface area contributed by atoms with E-state index < -0.39 is 60.7 Å². The molecule has 1 aromatic heterocycles. The molecule has 3 heterocycles. The number of nitrogens with zero attached hydrogens (tertiary/aromatic N) is 3. The zero-order valence-electron chi connectivity index (χ0n) is 22.6. The van der Waals surface area contributed by atoms with Crippen molar-refractivity contribution in [3.63, 3.8) is 0 Å². The van der Waals surface area contributed by atoms with Gasteiger partial charge in [-0.05, 0) is 33.2 Å². The fourth-order valence-electron chi connectivity index (χ4n) is 4.94. The van der Waals surface area contributed by atoms with Gasteiger partial charge in [-0.1, -0.05) is 35.5 Å². The zero-order chi connectivity index (χ0) is 29.7. The van der Waals surface area contributed by atoms with E-state index in [0.717, 1.165) is 5.01 Å². The zero-order valence-corrected chi connectivity index (χ0v) is 22.6. The summed E-state index contributed by atoms with van der Waals surface area (Å²) in [6.07, 6.45) is 0.223. The molecule has 3 amide bonds. The number of aliphatic carboxylic acids is 1. The van der Waals surface area contributed by atoms with Crippen LogP contribution in [0.25, 0.3) is 11.3 Å². The van der Waals surface area contributed by atoms with Crippen LogP contribution in [0.4, 0.5) is 0 Å². The van der Waals surface area contributed by atoms with E-state index in [4.69, 9.17) is 9.26 Å². The molecule has 0 aliphatic carbocycles. The molecule has 3 atom stereocenters. The summed E-state index contributed by atoms with van der Waals surface area (Å²) in [4.78, 5) is 76.6. The van der Waals surface area contributed by atoms with Gasteiger partial charge in [0.2, 0.25) is 11.8 Å². The molecule has 3 unspecified atom stereocenters. The Labute approximate surface area is 234 Å². The van der Waals surface area contributed by atoms with E-state index >= 15 is 0 Å². The van der Waals surface area contributed by atoms with E-state index in [0.29, 0.717) is 12.0 Å². The molecule has 2 aliphatic rings. The summed E-state index contributed by atoms with van der Waals surface area (Å²) in [6.45, 7) is 0.924. The highest BCUT2D eigenvalue weighted by molar-refractivity contribution is 6.00. The Balaban J connectivity index is 1.47. The normalized spacial score (nSPS) is 19.7. The molecule has 2 fully saturated rings. The lowest BCUT2D eigenvalue weighted by atomic mass is 10.0. The maximum absolute atomic E-state index is 13.3. The first-order chi connectivity index (χ1) is 19.6. The Kier molecular flexibility index (Phi) is 9.12. The third-order valence-corrected chi connectivity index (χ3v) is 7.06. The van der Waals surface area contributed by atoms with Crippen molar-refractivity contribution in [2.45, 2.75) is 57.2 Å². The van der Waals surface area contributed by atoms with Crippen molar-refractivity contribution in [2.75, 3.05) is 20.2 Å². The van der Waals surface area contributed by atoms with Crippen LogP contribution in [0.3, 0.4) is 0 Å². The number of rotatable bonds is 10. The van der Waals surface area contributed by atoms with Gasteiger partial charge in [0.15, 0.2) is 12.4 Å². The molecule has 1 aromatic carbocycles. The third kappa shape index (κ3) is 6.43. The number of hydrogen-bond acceptors (Lipinski definition) is 10. The molecular weight excluding hydrogens is 538 g/mol. The predicted molar refractivity (Wildman–Crippen MR) is 140 cm³/mol. The van der Waals surface area contributed by atoms with Gasteiger partial charge < -0.3 is 25.0 Å². The fraction of sp³-hybridized carbons (Fsp3) is 0.444. The number of aryl methyl sites for hydroxylation is 1. The number of ketones is 1. The van der Waals surface area contributed by atoms with Crippen LogP contribution in [0.2, 0.25) is 0 Å². The molecule has 218 valence electrons. The highest BCUT2D eigenvalue weighted by Gasteiger charge is 2.44. The minimum atomic E-state index is -1.56. The summed E-state index contributed by atoms with van der Waals surface area (Å²) in [5.74, 6) is -4.56. The number of carbonyl (C=O) groups excluding carboxylic acids is 5. The number of benzene rings is 1. The number of aromatic nitrogens is 1. The Morgan fingerprint density at radius 2 is 1.90 bits per heavy atom. The van der Waals surface area contributed by atoms with E-state index in [9.17, 15) is 33.9 Å². The minimum absolute atomic E-state index is 0.00791. The lowest BCUT2D eigenvalue weighted by Crippen LogP contribution is -2.64. The van der Waals surface area contributed by atoms with E-state index in [1.54, 1.807) is 37.4 Å². The molecule has 0 radical (unpaired) electrons. The van der Waals surface area contributed by atoms with Crippen LogP contribution >= 0.6 is 0 Å². The van der Waals surface area contributed by atoms with E-state index in [1.165, 1.54) is 11.9 Å². The third-order valence-electron chi connectivity index (χ3n) is 7.06. The lowest BCUT2D eigenvalue weighted by Gasteiger charge is -2.43. The molecule has 41 heavy (non-hydrogen) atoms. The van der Waals surface area contributed by atoms with Gasteiger partial charge in [-0.2, -0.15) is 0 Å². The van der Waals surface area contributed by atoms with Gasteiger partial charge in [-0.15, -0.1) is 0 Å². The van der Waals surface area contributed by atoms with Crippen LogP contribution in [-0.2, 0) is 28.7 Å². The highest BCUT2D eigenvalue weighted by atomic mass is 16.5. The van der Waals surface area contributed by atoms with Crippen molar-refractivity contribution >= 4 is 35.4 Å². The van der Waals surface area contributed by atoms with Gasteiger partial charge in [0.1, 0.15) is 29.1 Å². The summed E-state index contributed by atoms with van der Waals surface area (Å²) in [6, 6.07) is 5.33. The van der Waals surface area contributed by atoms with E-state index in [1.807, 2.05) is 0 Å². The average molecular weight is 570 g/mol. The standard InChI is InChI=1S/C27H31N5O9/c1-15-23(24(30-41-15)16-7-4-3-5-8-16)27(39)40-14-20(33)18(13-22(35)36)29-25(37)19-9-6-12-31-21(34)11-10-17(28-2)26(38)32(19)31/h3-5,7-8,17-19,28H,6,9-14H2,1-2H3,(H,29,37)(H,35,36). The SMILES string of the molecule is CNC1CCC(=O)N2CCCC(C(=O)NC(CC(=O)O)C(=O)COC(=O)c3c(-c4ccccc4)noc3C)N2C1=O. The number of fused-ring (bicyclic) bond motifs is 1. The lowest BCUT2D eigenvalue weighted by molar-refractivity contribution is -0.176. The van der Waals surface area contributed by atoms with Crippen molar-refractivity contribution in [1.29, 1.82) is 0 Å². The summed E-state index contributed by atoms with van der Waals surface area (Å²) in [5.41, 5.74) is 0.810. The Bertz CT molecular complexity index is 1340. The van der Waals surface area contributed by atoms with E-state index in [-0.39, 0.29) is 48.7 Å². The second-order valence-corrected chi connectivity index (χ2v) is 9.77. The number of likely N-dealkylation sites (N-methyl/N-ethyl adjacent to an activating group) is 1. The van der Waals surface area contributed by atoms with Crippen molar-refractivity contribution < 1.29 is 43.1 Å². The van der Waals surface area contributed by atoms with Crippen LogP contribution in [0.1, 0.15) is 48.2 Å². The Morgan fingerprint density at radius 3 is 2.59 bits per heavy atom. The highest BCUT2D eigenvalue weighted by Crippen LogP contribution is 2.27. The molecule has 0 bridgehead atoms. The van der Waals surface area contributed by atoms with Crippen LogP contribution in [-0.4, -0.2) is 94.0 Å². The van der Waals surface area contributed by atoms with Gasteiger partial charge in [0.05, 0.1) is 12.5 Å². The molecule has 2 aliphatic heterocycles. The molecule has 2 aromatic rings. The summed E-state index contributed by atoms with van der Waals surface area (Å²) < 4.78 is 10.3. The second-order valence-electron chi connectivity index (χ2n) is 9.77. The first-order valence-electron chi connectivity index (χ1n) is 13.2. The van der Waals surface area contributed by atoms with Crippen molar-refractivity contribution in [1.82, 2.24) is 25.8 Å². The Hall–Kier alpha value is -4.59. The summed E-state index contributed by atoms with van der Waals surface area (Å²) in [5, 5.41) is 20.9. The van der Waals surface area contributed by atoms with Crippen molar-refractivity contribution in [3.05, 3.63) is 41.7 Å². The minimum Gasteiger partial charge on any atom is -0.481 e. The van der Waals surface area contributed by atoms with Crippen LogP contribution < -0.4 is 10.6 Å². The fourth-order valence-corrected chi connectivity index (χ4v) is 4.94. The van der Waals surface area contributed by atoms with Crippen molar-refractivity contribution in [2.24, 2.45) is 0 Å². The van der Waals surface area contributed by atoms with Crippen LogP contribution in [0.5, 0.6) is 0 Å². The molecule has 0 spiro atoms. The predicted octanol–water partition coefficient (Wildman–Crippen LogP) is 0.452. The number of carboxylic acids is 1. The molecule has 14 heteroatoms. The maximum atomic E-state index is 13.3. The first kappa shape index (κ1) is 29.4. The number of nitrogens with one attached hydrogen (secondary N) is 2. The molecule has 0 saturated carbocycles. The topological polar surface area (TPSA) is 188 Å². The smallest absolute Gasteiger partial charge is 0.344 e. The monoisotopic (exact) mass is 569 g/mol. The molecule has 4 rings (SSSR count). The molecule has 2 saturated heterocycles. The number of hydrazine groups is 1. The molecule has 3 N–H and O–H groups in total. The number of carboxylic acid groups (broad SMARTS) is 1. The maximum Gasteiger partial charge on any atom is 0.344 e. The number of esters is 1. The van der Waals surface area contributed by atoms with Gasteiger partial charge in [0.25, 0.3) is 5.91 Å². The first-order valence-corrected chi connectivity index (χ1v) is 13.2. The van der Waals surface area contributed by atoms with Gasteiger partial charge in [-0.3, -0.25) is 29.0 Å². The Morgan fingerprint density at radius 1 is 1.17 bits per heavy atom. The van der Waals surface area contributed by atoms with E-state index in [2.05, 4.69) is 15.8 Å². The van der Waals surface area contributed by atoms with Crippen LogP contribution in [0, 0.1) is 6.92 Å². The second kappa shape index (κ2) is 12.7. The van der Waals surface area contributed by atoms with Crippen LogP contribution in [0.15, 0.2) is 34.9 Å². The van der Waals surface area contributed by atoms with Gasteiger partial charge in [-0.25, -0.2) is 9.80 Å². The number of ether oxygens (including phenoxy) is 1. The molecular formula is C27H31N5O9.